The lowest BCUT2D eigenvalue weighted by Gasteiger charge is -2.44. The molecule has 0 amide bonds. The van der Waals surface area contributed by atoms with Crippen molar-refractivity contribution in [2.24, 2.45) is 11.3 Å². The van der Waals surface area contributed by atoms with Gasteiger partial charge in [0, 0.05) is 0 Å². The quantitative estimate of drug-likeness (QED) is 0.778. The molecule has 100 valence electrons. The standard InChI is InChI=1S/C14H26O3/c1-4-5-7-11(12(15)16)14(17)9-6-8-13(2,3)10-14/h11,17H,4-10H2,1-3H3,(H,15,16). The fraction of sp³-hybridized carbons (Fsp3) is 0.929. The molecule has 1 saturated carbocycles. The first kappa shape index (κ1) is 14.5. The van der Waals surface area contributed by atoms with Gasteiger partial charge in [0.25, 0.3) is 0 Å². The van der Waals surface area contributed by atoms with Gasteiger partial charge in [-0.3, -0.25) is 4.79 Å². The zero-order valence-electron chi connectivity index (χ0n) is 11.3. The topological polar surface area (TPSA) is 57.5 Å². The Bertz CT molecular complexity index is 273. The Hall–Kier alpha value is -0.570. The highest BCUT2D eigenvalue weighted by molar-refractivity contribution is 5.71. The van der Waals surface area contributed by atoms with Crippen LogP contribution in [-0.2, 0) is 4.79 Å². The first-order valence-electron chi connectivity index (χ1n) is 6.76. The Morgan fingerprint density at radius 1 is 1.35 bits per heavy atom. The second-order valence-electron chi connectivity index (χ2n) is 6.33. The predicted octanol–water partition coefficient (Wildman–Crippen LogP) is 3.21. The molecule has 17 heavy (non-hydrogen) atoms. The molecule has 0 saturated heterocycles. The van der Waals surface area contributed by atoms with Crippen molar-refractivity contribution in [2.75, 3.05) is 0 Å². The van der Waals surface area contributed by atoms with Gasteiger partial charge < -0.3 is 10.2 Å². The number of carboxylic acid groups (broad SMARTS) is 1. The maximum Gasteiger partial charge on any atom is 0.309 e. The van der Waals surface area contributed by atoms with Crippen LogP contribution in [0, 0.1) is 11.3 Å². The van der Waals surface area contributed by atoms with E-state index < -0.39 is 17.5 Å². The highest BCUT2D eigenvalue weighted by Crippen LogP contribution is 2.45. The Kier molecular flexibility index (Phi) is 4.59. The van der Waals surface area contributed by atoms with Crippen LogP contribution in [0.4, 0.5) is 0 Å². The third-order valence-electron chi connectivity index (χ3n) is 4.04. The number of aliphatic hydroxyl groups is 1. The summed E-state index contributed by atoms with van der Waals surface area (Å²) in [7, 11) is 0. The van der Waals surface area contributed by atoms with Crippen LogP contribution in [0.15, 0.2) is 0 Å². The van der Waals surface area contributed by atoms with Gasteiger partial charge in [0.2, 0.25) is 0 Å². The first-order chi connectivity index (χ1) is 7.81. The van der Waals surface area contributed by atoms with Gasteiger partial charge in [-0.25, -0.2) is 0 Å². The molecule has 0 bridgehead atoms. The van der Waals surface area contributed by atoms with Crippen LogP contribution in [0.3, 0.4) is 0 Å². The van der Waals surface area contributed by atoms with E-state index in [2.05, 4.69) is 13.8 Å². The zero-order valence-corrected chi connectivity index (χ0v) is 11.3. The fourth-order valence-corrected chi connectivity index (χ4v) is 3.21. The molecular formula is C14H26O3. The number of carboxylic acids is 1. The molecule has 0 radical (unpaired) electrons. The molecule has 0 aromatic carbocycles. The largest absolute Gasteiger partial charge is 0.481 e. The normalized spacial score (nSPS) is 29.9. The predicted molar refractivity (Wildman–Crippen MR) is 67.8 cm³/mol. The van der Waals surface area contributed by atoms with Crippen LogP contribution >= 0.6 is 0 Å². The lowest BCUT2D eigenvalue weighted by molar-refractivity contribution is -0.159. The Morgan fingerprint density at radius 2 is 2.00 bits per heavy atom. The summed E-state index contributed by atoms with van der Waals surface area (Å²) in [6.45, 7) is 6.29. The maximum absolute atomic E-state index is 11.4. The molecule has 0 aliphatic heterocycles. The van der Waals surface area contributed by atoms with Gasteiger partial charge in [-0.05, 0) is 31.1 Å². The summed E-state index contributed by atoms with van der Waals surface area (Å²) in [5.74, 6) is -1.43. The first-order valence-corrected chi connectivity index (χ1v) is 6.76. The Morgan fingerprint density at radius 3 is 2.47 bits per heavy atom. The summed E-state index contributed by atoms with van der Waals surface area (Å²) in [5, 5.41) is 20.0. The number of carbonyl (C=O) groups is 1. The van der Waals surface area contributed by atoms with E-state index in [1.54, 1.807) is 0 Å². The molecule has 1 aliphatic carbocycles. The molecule has 3 heteroatoms. The van der Waals surface area contributed by atoms with Gasteiger partial charge >= 0.3 is 5.97 Å². The van der Waals surface area contributed by atoms with Crippen molar-refractivity contribution in [1.82, 2.24) is 0 Å². The monoisotopic (exact) mass is 242 g/mol. The molecule has 0 spiro atoms. The van der Waals surface area contributed by atoms with E-state index in [0.29, 0.717) is 19.3 Å². The molecule has 2 atom stereocenters. The summed E-state index contributed by atoms with van der Waals surface area (Å²) in [4.78, 5) is 11.4. The average molecular weight is 242 g/mol. The van der Waals surface area contributed by atoms with Gasteiger partial charge in [0.15, 0.2) is 0 Å². The van der Waals surface area contributed by atoms with E-state index in [0.717, 1.165) is 25.7 Å². The van der Waals surface area contributed by atoms with Crippen LogP contribution in [0.5, 0.6) is 0 Å². The molecule has 1 fully saturated rings. The molecule has 0 heterocycles. The number of hydrogen-bond acceptors (Lipinski definition) is 2. The Labute approximate surface area is 104 Å². The second kappa shape index (κ2) is 5.38. The smallest absolute Gasteiger partial charge is 0.309 e. The van der Waals surface area contributed by atoms with E-state index in [1.165, 1.54) is 0 Å². The van der Waals surface area contributed by atoms with Crippen LogP contribution in [0.1, 0.15) is 65.7 Å². The average Bonchev–Trinajstić information content (AvgIpc) is 2.15. The van der Waals surface area contributed by atoms with Crippen molar-refractivity contribution in [3.05, 3.63) is 0 Å². The van der Waals surface area contributed by atoms with Gasteiger partial charge in [0.05, 0.1) is 11.5 Å². The minimum atomic E-state index is -0.997. The molecule has 1 aliphatic rings. The van der Waals surface area contributed by atoms with Crippen molar-refractivity contribution in [3.63, 3.8) is 0 Å². The fourth-order valence-electron chi connectivity index (χ4n) is 3.21. The highest BCUT2D eigenvalue weighted by atomic mass is 16.4. The van der Waals surface area contributed by atoms with Gasteiger partial charge in [-0.2, -0.15) is 0 Å². The van der Waals surface area contributed by atoms with Crippen molar-refractivity contribution in [1.29, 1.82) is 0 Å². The van der Waals surface area contributed by atoms with E-state index >= 15 is 0 Å². The van der Waals surface area contributed by atoms with E-state index in [9.17, 15) is 15.0 Å². The molecule has 3 nitrogen and oxygen atoms in total. The number of rotatable bonds is 5. The van der Waals surface area contributed by atoms with Gasteiger partial charge in [0.1, 0.15) is 0 Å². The lowest BCUT2D eigenvalue weighted by Crippen LogP contribution is -2.48. The number of hydrogen-bond donors (Lipinski definition) is 2. The van der Waals surface area contributed by atoms with Gasteiger partial charge in [-0.15, -0.1) is 0 Å². The highest BCUT2D eigenvalue weighted by Gasteiger charge is 2.46. The summed E-state index contributed by atoms with van der Waals surface area (Å²) in [6.07, 6.45) is 5.70. The van der Waals surface area contributed by atoms with Crippen LogP contribution < -0.4 is 0 Å². The summed E-state index contributed by atoms with van der Waals surface area (Å²) < 4.78 is 0. The lowest BCUT2D eigenvalue weighted by atomic mass is 9.64. The van der Waals surface area contributed by atoms with Crippen molar-refractivity contribution in [3.8, 4) is 0 Å². The number of unbranched alkanes of at least 4 members (excludes halogenated alkanes) is 1. The molecule has 0 aromatic rings. The minimum Gasteiger partial charge on any atom is -0.481 e. The summed E-state index contributed by atoms with van der Waals surface area (Å²) >= 11 is 0. The van der Waals surface area contributed by atoms with Crippen LogP contribution in [0.2, 0.25) is 0 Å². The number of aliphatic carboxylic acids is 1. The van der Waals surface area contributed by atoms with E-state index in [-0.39, 0.29) is 5.41 Å². The molecular weight excluding hydrogens is 216 g/mol. The third kappa shape index (κ3) is 3.70. The SMILES string of the molecule is CCCCC(C(=O)O)C1(O)CCCC(C)(C)C1. The van der Waals surface area contributed by atoms with E-state index in [4.69, 9.17) is 0 Å². The van der Waals surface area contributed by atoms with Crippen LogP contribution in [-0.4, -0.2) is 21.8 Å². The van der Waals surface area contributed by atoms with E-state index in [1.807, 2.05) is 6.92 Å². The maximum atomic E-state index is 11.4. The van der Waals surface area contributed by atoms with Gasteiger partial charge in [-0.1, -0.05) is 40.0 Å². The third-order valence-corrected chi connectivity index (χ3v) is 4.04. The summed E-state index contributed by atoms with van der Waals surface area (Å²) in [6, 6.07) is 0. The van der Waals surface area contributed by atoms with Crippen molar-refractivity contribution in [2.45, 2.75) is 71.3 Å². The molecule has 0 aromatic heterocycles. The minimum absolute atomic E-state index is 0.0624. The molecule has 2 N–H and O–H groups in total. The molecule has 1 rings (SSSR count). The zero-order chi connectivity index (χ0) is 13.1. The van der Waals surface area contributed by atoms with Crippen molar-refractivity contribution < 1.29 is 15.0 Å². The summed E-state index contributed by atoms with van der Waals surface area (Å²) in [5.41, 5.74) is -0.935. The second-order valence-corrected chi connectivity index (χ2v) is 6.33. The van der Waals surface area contributed by atoms with Crippen LogP contribution in [0.25, 0.3) is 0 Å². The Balaban J connectivity index is 2.80. The molecule has 2 unspecified atom stereocenters. The van der Waals surface area contributed by atoms with Crippen molar-refractivity contribution >= 4 is 5.97 Å².